The highest BCUT2D eigenvalue weighted by atomic mass is 79.9. The highest BCUT2D eigenvalue weighted by Crippen LogP contribution is 2.21. The summed E-state index contributed by atoms with van der Waals surface area (Å²) in [5.74, 6) is 0. The Morgan fingerprint density at radius 1 is 1.05 bits per heavy atom. The third kappa shape index (κ3) is 3.28. The van der Waals surface area contributed by atoms with E-state index < -0.39 is 0 Å². The maximum absolute atomic E-state index is 3.86. The van der Waals surface area contributed by atoms with Gasteiger partial charge in [0.25, 0.3) is 0 Å². The van der Waals surface area contributed by atoms with Crippen molar-refractivity contribution in [2.24, 2.45) is 0 Å². The van der Waals surface area contributed by atoms with Crippen molar-refractivity contribution in [2.75, 3.05) is 5.32 Å². The Balaban J connectivity index is 1.71. The number of halogens is 1. The van der Waals surface area contributed by atoms with Crippen molar-refractivity contribution in [3.05, 3.63) is 64.9 Å². The van der Waals surface area contributed by atoms with Crippen molar-refractivity contribution >= 4 is 21.6 Å². The van der Waals surface area contributed by atoms with Crippen LogP contribution in [0.4, 0.5) is 5.69 Å². The second kappa shape index (κ2) is 6.05. The molecule has 0 radical (unpaired) electrons. The van der Waals surface area contributed by atoms with E-state index in [2.05, 4.69) is 55.8 Å². The number of aromatic nitrogens is 4. The minimum atomic E-state index is 0.233. The molecular formula is C15H14BrN5. The molecule has 3 aromatic rings. The molecule has 0 spiro atoms. The first kappa shape index (κ1) is 13.8. The topological polar surface area (TPSA) is 55.6 Å². The van der Waals surface area contributed by atoms with E-state index in [9.17, 15) is 0 Å². The summed E-state index contributed by atoms with van der Waals surface area (Å²) in [6.07, 6.45) is 1.58. The molecule has 0 aliphatic rings. The molecule has 106 valence electrons. The predicted octanol–water partition coefficient (Wildman–Crippen LogP) is 3.60. The van der Waals surface area contributed by atoms with Crippen LogP contribution >= 0.6 is 15.9 Å². The van der Waals surface area contributed by atoms with E-state index in [1.54, 1.807) is 11.0 Å². The SMILES string of the molecule is CC(Nc1ccc(-n2cnnn2)cc1)c1ccc(Br)cc1. The van der Waals surface area contributed by atoms with Crippen LogP contribution in [-0.2, 0) is 0 Å². The minimum absolute atomic E-state index is 0.233. The van der Waals surface area contributed by atoms with Gasteiger partial charge in [-0.1, -0.05) is 28.1 Å². The van der Waals surface area contributed by atoms with Crippen molar-refractivity contribution in [1.82, 2.24) is 20.2 Å². The van der Waals surface area contributed by atoms with Crippen molar-refractivity contribution in [3.63, 3.8) is 0 Å². The van der Waals surface area contributed by atoms with Gasteiger partial charge in [-0.2, -0.15) is 0 Å². The van der Waals surface area contributed by atoms with Gasteiger partial charge in [0, 0.05) is 16.2 Å². The maximum Gasteiger partial charge on any atom is 0.143 e. The summed E-state index contributed by atoms with van der Waals surface area (Å²) in [6.45, 7) is 2.14. The molecule has 1 unspecified atom stereocenters. The molecule has 0 aliphatic heterocycles. The predicted molar refractivity (Wildman–Crippen MR) is 85.3 cm³/mol. The van der Waals surface area contributed by atoms with E-state index in [4.69, 9.17) is 0 Å². The second-order valence-corrected chi connectivity index (χ2v) is 5.63. The Morgan fingerprint density at radius 2 is 1.76 bits per heavy atom. The summed E-state index contributed by atoms with van der Waals surface area (Å²) < 4.78 is 2.71. The summed E-state index contributed by atoms with van der Waals surface area (Å²) in [4.78, 5) is 0. The van der Waals surface area contributed by atoms with Crippen molar-refractivity contribution in [3.8, 4) is 5.69 Å². The molecule has 0 aliphatic carbocycles. The van der Waals surface area contributed by atoms with Gasteiger partial charge in [-0.25, -0.2) is 4.68 Å². The molecule has 0 amide bonds. The Hall–Kier alpha value is -2.21. The molecule has 0 saturated carbocycles. The molecule has 3 rings (SSSR count). The average Bonchev–Trinajstić information content (AvgIpc) is 3.03. The summed E-state index contributed by atoms with van der Waals surface area (Å²) in [7, 11) is 0. The smallest absolute Gasteiger partial charge is 0.143 e. The Bertz CT molecular complexity index is 692. The van der Waals surface area contributed by atoms with E-state index in [0.29, 0.717) is 0 Å². The highest BCUT2D eigenvalue weighted by Gasteiger charge is 2.05. The standard InChI is InChI=1S/C15H14BrN5/c1-11(12-2-4-13(16)5-3-12)18-14-6-8-15(9-7-14)21-10-17-19-20-21/h2-11,18H,1H3. The van der Waals surface area contributed by atoms with Crippen LogP contribution in [0.2, 0.25) is 0 Å². The summed E-state index contributed by atoms with van der Waals surface area (Å²) in [5, 5.41) is 14.6. The lowest BCUT2D eigenvalue weighted by atomic mass is 10.1. The van der Waals surface area contributed by atoms with Gasteiger partial charge >= 0.3 is 0 Å². The molecule has 21 heavy (non-hydrogen) atoms. The number of anilines is 1. The number of tetrazole rings is 1. The Morgan fingerprint density at radius 3 is 2.38 bits per heavy atom. The summed E-state index contributed by atoms with van der Waals surface area (Å²) in [6, 6.07) is 16.5. The van der Waals surface area contributed by atoms with Gasteiger partial charge < -0.3 is 5.32 Å². The van der Waals surface area contributed by atoms with Crippen LogP contribution in [-0.4, -0.2) is 20.2 Å². The van der Waals surface area contributed by atoms with Crippen molar-refractivity contribution in [1.29, 1.82) is 0 Å². The molecule has 6 heteroatoms. The lowest BCUT2D eigenvalue weighted by Crippen LogP contribution is -2.06. The number of benzene rings is 2. The van der Waals surface area contributed by atoms with Gasteiger partial charge in [0.15, 0.2) is 0 Å². The van der Waals surface area contributed by atoms with Crippen molar-refractivity contribution < 1.29 is 0 Å². The molecule has 1 atom stereocenters. The van der Waals surface area contributed by atoms with E-state index in [-0.39, 0.29) is 6.04 Å². The largest absolute Gasteiger partial charge is 0.379 e. The molecule has 2 aromatic carbocycles. The number of rotatable bonds is 4. The number of nitrogens with zero attached hydrogens (tertiary/aromatic N) is 4. The number of hydrogen-bond acceptors (Lipinski definition) is 4. The third-order valence-corrected chi connectivity index (χ3v) is 3.76. The van der Waals surface area contributed by atoms with Crippen LogP contribution in [0.25, 0.3) is 5.69 Å². The molecule has 1 aromatic heterocycles. The van der Waals surface area contributed by atoms with Gasteiger partial charge in [0.2, 0.25) is 0 Å². The molecule has 5 nitrogen and oxygen atoms in total. The fraction of sp³-hybridized carbons (Fsp3) is 0.133. The number of nitrogens with one attached hydrogen (secondary N) is 1. The lowest BCUT2D eigenvalue weighted by Gasteiger charge is -2.16. The Labute approximate surface area is 131 Å². The molecule has 1 N–H and O–H groups in total. The zero-order chi connectivity index (χ0) is 14.7. The first-order chi connectivity index (χ1) is 10.2. The second-order valence-electron chi connectivity index (χ2n) is 4.72. The first-order valence-corrected chi connectivity index (χ1v) is 7.37. The van der Waals surface area contributed by atoms with Gasteiger partial charge in [0.05, 0.1) is 5.69 Å². The normalized spacial score (nSPS) is 12.1. The van der Waals surface area contributed by atoms with Crippen molar-refractivity contribution in [2.45, 2.75) is 13.0 Å². The fourth-order valence-corrected chi connectivity index (χ4v) is 2.34. The average molecular weight is 344 g/mol. The number of hydrogen-bond donors (Lipinski definition) is 1. The van der Waals surface area contributed by atoms with Crippen LogP contribution in [0.5, 0.6) is 0 Å². The lowest BCUT2D eigenvalue weighted by molar-refractivity contribution is 0.789. The Kier molecular flexibility index (Phi) is 3.96. The van der Waals surface area contributed by atoms with E-state index in [1.165, 1.54) is 5.56 Å². The maximum atomic E-state index is 3.86. The molecule has 0 fully saturated rings. The van der Waals surface area contributed by atoms with E-state index in [0.717, 1.165) is 15.8 Å². The van der Waals surface area contributed by atoms with Gasteiger partial charge in [-0.3, -0.25) is 0 Å². The molecule has 1 heterocycles. The molecular weight excluding hydrogens is 330 g/mol. The highest BCUT2D eigenvalue weighted by molar-refractivity contribution is 9.10. The molecule has 0 saturated heterocycles. The van der Waals surface area contributed by atoms with Crippen LogP contribution < -0.4 is 5.32 Å². The quantitative estimate of drug-likeness (QED) is 0.786. The van der Waals surface area contributed by atoms with Crippen LogP contribution in [0.3, 0.4) is 0 Å². The van der Waals surface area contributed by atoms with Crippen LogP contribution in [0, 0.1) is 0 Å². The zero-order valence-electron chi connectivity index (χ0n) is 11.4. The minimum Gasteiger partial charge on any atom is -0.379 e. The van der Waals surface area contributed by atoms with Crippen LogP contribution in [0.15, 0.2) is 59.3 Å². The van der Waals surface area contributed by atoms with Gasteiger partial charge in [-0.15, -0.1) is 5.10 Å². The first-order valence-electron chi connectivity index (χ1n) is 6.58. The summed E-state index contributed by atoms with van der Waals surface area (Å²) in [5.41, 5.74) is 3.23. The monoisotopic (exact) mass is 343 g/mol. The summed E-state index contributed by atoms with van der Waals surface area (Å²) >= 11 is 3.45. The van der Waals surface area contributed by atoms with E-state index >= 15 is 0 Å². The zero-order valence-corrected chi connectivity index (χ0v) is 13.0. The van der Waals surface area contributed by atoms with Gasteiger partial charge in [-0.05, 0) is 59.3 Å². The van der Waals surface area contributed by atoms with Crippen LogP contribution in [0.1, 0.15) is 18.5 Å². The van der Waals surface area contributed by atoms with Gasteiger partial charge in [0.1, 0.15) is 6.33 Å². The fourth-order valence-electron chi connectivity index (χ4n) is 2.07. The van der Waals surface area contributed by atoms with E-state index in [1.807, 2.05) is 36.4 Å². The third-order valence-electron chi connectivity index (χ3n) is 3.23. The molecule has 0 bridgehead atoms.